The van der Waals surface area contributed by atoms with Gasteiger partial charge in [-0.2, -0.15) is 0 Å². The highest BCUT2D eigenvalue weighted by atomic mass is 16.5. The Bertz CT molecular complexity index is 361. The molecule has 3 aliphatic carbocycles. The van der Waals surface area contributed by atoms with Crippen molar-refractivity contribution >= 4 is 5.91 Å². The average Bonchev–Trinajstić information content (AvgIpc) is 3.08. The first-order valence-electron chi connectivity index (χ1n) is 8.34. The molecule has 3 rings (SSSR count). The van der Waals surface area contributed by atoms with E-state index in [1.165, 1.54) is 25.7 Å². The second kappa shape index (κ2) is 5.64. The van der Waals surface area contributed by atoms with Gasteiger partial charge < -0.3 is 15.4 Å². The molecule has 3 unspecified atom stereocenters. The van der Waals surface area contributed by atoms with Crippen LogP contribution in [0.25, 0.3) is 0 Å². The quantitative estimate of drug-likeness (QED) is 0.782. The summed E-state index contributed by atoms with van der Waals surface area (Å²) in [7, 11) is 0. The molecular formula is C16H28N2O2. The van der Waals surface area contributed by atoms with E-state index < -0.39 is 0 Å². The number of carbonyl (C=O) groups excluding carboxylic acids is 1. The van der Waals surface area contributed by atoms with Gasteiger partial charge in [-0.15, -0.1) is 0 Å². The summed E-state index contributed by atoms with van der Waals surface area (Å²) in [5, 5.41) is 6.67. The van der Waals surface area contributed by atoms with Crippen LogP contribution in [-0.2, 0) is 9.53 Å². The second-order valence-electron chi connectivity index (χ2n) is 6.84. The van der Waals surface area contributed by atoms with Gasteiger partial charge in [0.05, 0.1) is 12.1 Å². The number of ether oxygens (including phenoxy) is 1. The maximum atomic E-state index is 12.1. The number of nitrogens with one attached hydrogen (secondary N) is 2. The van der Waals surface area contributed by atoms with Crippen molar-refractivity contribution in [2.24, 2.45) is 5.41 Å². The lowest BCUT2D eigenvalue weighted by Crippen LogP contribution is -2.65. The van der Waals surface area contributed by atoms with Crippen LogP contribution < -0.4 is 10.6 Å². The molecule has 0 aliphatic heterocycles. The molecule has 3 atom stereocenters. The number of hydrogen-bond acceptors (Lipinski definition) is 3. The molecular weight excluding hydrogens is 252 g/mol. The van der Waals surface area contributed by atoms with E-state index in [4.69, 9.17) is 4.74 Å². The first-order chi connectivity index (χ1) is 9.65. The van der Waals surface area contributed by atoms with Crippen LogP contribution in [-0.4, -0.2) is 36.7 Å². The molecule has 0 heterocycles. The SMILES string of the molecule is CCOC1CC(NC(C)C(=O)NC2CC2)C12CCCC2. The number of amides is 1. The first-order valence-corrected chi connectivity index (χ1v) is 8.34. The molecule has 1 amide bonds. The summed E-state index contributed by atoms with van der Waals surface area (Å²) >= 11 is 0. The molecule has 4 nitrogen and oxygen atoms in total. The molecule has 0 aromatic carbocycles. The molecule has 0 saturated heterocycles. The summed E-state index contributed by atoms with van der Waals surface area (Å²) in [6.45, 7) is 4.88. The fourth-order valence-electron chi connectivity index (χ4n) is 4.05. The topological polar surface area (TPSA) is 50.4 Å². The van der Waals surface area contributed by atoms with Crippen molar-refractivity contribution in [3.05, 3.63) is 0 Å². The molecule has 0 radical (unpaired) electrons. The molecule has 3 aliphatic rings. The van der Waals surface area contributed by atoms with Crippen LogP contribution in [0.15, 0.2) is 0 Å². The van der Waals surface area contributed by atoms with Crippen LogP contribution in [0.4, 0.5) is 0 Å². The molecule has 0 aromatic heterocycles. The Morgan fingerprint density at radius 1 is 1.35 bits per heavy atom. The van der Waals surface area contributed by atoms with Crippen molar-refractivity contribution in [3.63, 3.8) is 0 Å². The van der Waals surface area contributed by atoms with E-state index in [1.807, 2.05) is 6.92 Å². The highest BCUT2D eigenvalue weighted by Crippen LogP contribution is 2.54. The molecule has 0 aromatic rings. The predicted octanol–water partition coefficient (Wildman–Crippen LogP) is 1.98. The smallest absolute Gasteiger partial charge is 0.237 e. The van der Waals surface area contributed by atoms with Gasteiger partial charge in [0.25, 0.3) is 0 Å². The monoisotopic (exact) mass is 280 g/mol. The van der Waals surface area contributed by atoms with Crippen LogP contribution >= 0.6 is 0 Å². The number of hydrogen-bond donors (Lipinski definition) is 2. The normalized spacial score (nSPS) is 32.9. The Morgan fingerprint density at radius 2 is 2.05 bits per heavy atom. The summed E-state index contributed by atoms with van der Waals surface area (Å²) < 4.78 is 5.92. The molecule has 2 N–H and O–H groups in total. The van der Waals surface area contributed by atoms with Crippen LogP contribution in [0.1, 0.15) is 58.8 Å². The van der Waals surface area contributed by atoms with Gasteiger partial charge in [0.15, 0.2) is 0 Å². The molecule has 4 heteroatoms. The van der Waals surface area contributed by atoms with Crippen molar-refractivity contribution in [2.75, 3.05) is 6.61 Å². The van der Waals surface area contributed by atoms with Crippen LogP contribution in [0, 0.1) is 5.41 Å². The molecule has 0 bridgehead atoms. The van der Waals surface area contributed by atoms with E-state index in [0.717, 1.165) is 25.9 Å². The van der Waals surface area contributed by atoms with Crippen molar-refractivity contribution in [1.82, 2.24) is 10.6 Å². The van der Waals surface area contributed by atoms with Crippen LogP contribution in [0.3, 0.4) is 0 Å². The highest BCUT2D eigenvalue weighted by Gasteiger charge is 2.56. The zero-order valence-corrected chi connectivity index (χ0v) is 12.8. The van der Waals surface area contributed by atoms with Gasteiger partial charge in [0.2, 0.25) is 5.91 Å². The van der Waals surface area contributed by atoms with Crippen molar-refractivity contribution in [2.45, 2.75) is 83.0 Å². The van der Waals surface area contributed by atoms with Gasteiger partial charge in [0.1, 0.15) is 0 Å². The Labute approximate surface area is 122 Å². The maximum absolute atomic E-state index is 12.1. The largest absolute Gasteiger partial charge is 0.378 e. The van der Waals surface area contributed by atoms with Crippen molar-refractivity contribution in [1.29, 1.82) is 0 Å². The van der Waals surface area contributed by atoms with Gasteiger partial charge in [-0.3, -0.25) is 4.79 Å². The zero-order chi connectivity index (χ0) is 14.2. The number of carbonyl (C=O) groups is 1. The molecule has 3 fully saturated rings. The summed E-state index contributed by atoms with van der Waals surface area (Å²) in [5.74, 6) is 0.167. The Morgan fingerprint density at radius 3 is 2.65 bits per heavy atom. The summed E-state index contributed by atoms with van der Waals surface area (Å²) in [6, 6.07) is 0.826. The lowest BCUT2D eigenvalue weighted by Gasteiger charge is -2.55. The maximum Gasteiger partial charge on any atom is 0.237 e. The third-order valence-corrected chi connectivity index (χ3v) is 5.46. The van der Waals surface area contributed by atoms with E-state index in [2.05, 4.69) is 17.6 Å². The lowest BCUT2D eigenvalue weighted by atomic mass is 9.60. The number of rotatable bonds is 6. The van der Waals surface area contributed by atoms with E-state index in [-0.39, 0.29) is 11.9 Å². The average molecular weight is 280 g/mol. The highest BCUT2D eigenvalue weighted by molar-refractivity contribution is 5.81. The predicted molar refractivity (Wildman–Crippen MR) is 78.5 cm³/mol. The fourth-order valence-corrected chi connectivity index (χ4v) is 4.05. The van der Waals surface area contributed by atoms with Gasteiger partial charge >= 0.3 is 0 Å². The summed E-state index contributed by atoms with van der Waals surface area (Å²) in [6.07, 6.45) is 8.91. The Hall–Kier alpha value is -0.610. The standard InChI is InChI=1S/C16H28N2O2/c1-3-20-14-10-13(16(14)8-4-5-9-16)17-11(2)15(19)18-12-6-7-12/h11-14,17H,3-10H2,1-2H3,(H,18,19). The fraction of sp³-hybridized carbons (Fsp3) is 0.938. The summed E-state index contributed by atoms with van der Waals surface area (Å²) in [5.41, 5.74) is 0.310. The molecule has 114 valence electrons. The Kier molecular flexibility index (Phi) is 4.04. The zero-order valence-electron chi connectivity index (χ0n) is 12.8. The minimum Gasteiger partial charge on any atom is -0.378 e. The molecule has 1 spiro atoms. The van der Waals surface area contributed by atoms with E-state index in [0.29, 0.717) is 23.6 Å². The second-order valence-corrected chi connectivity index (χ2v) is 6.84. The van der Waals surface area contributed by atoms with E-state index in [9.17, 15) is 4.79 Å². The van der Waals surface area contributed by atoms with Gasteiger partial charge in [-0.25, -0.2) is 0 Å². The van der Waals surface area contributed by atoms with E-state index in [1.54, 1.807) is 0 Å². The van der Waals surface area contributed by atoms with Crippen molar-refractivity contribution < 1.29 is 9.53 Å². The van der Waals surface area contributed by atoms with Crippen LogP contribution in [0.2, 0.25) is 0 Å². The minimum absolute atomic E-state index is 0.0827. The van der Waals surface area contributed by atoms with Crippen LogP contribution in [0.5, 0.6) is 0 Å². The third kappa shape index (κ3) is 2.60. The molecule has 3 saturated carbocycles. The Balaban J connectivity index is 1.55. The first kappa shape index (κ1) is 14.3. The van der Waals surface area contributed by atoms with Crippen molar-refractivity contribution in [3.8, 4) is 0 Å². The van der Waals surface area contributed by atoms with Gasteiger partial charge in [-0.1, -0.05) is 12.8 Å². The third-order valence-electron chi connectivity index (χ3n) is 5.46. The molecule has 20 heavy (non-hydrogen) atoms. The summed E-state index contributed by atoms with van der Waals surface area (Å²) in [4.78, 5) is 12.1. The van der Waals surface area contributed by atoms with Gasteiger partial charge in [-0.05, 0) is 46.0 Å². The lowest BCUT2D eigenvalue weighted by molar-refractivity contribution is -0.138. The minimum atomic E-state index is -0.0827. The van der Waals surface area contributed by atoms with E-state index >= 15 is 0 Å². The van der Waals surface area contributed by atoms with Gasteiger partial charge in [0, 0.05) is 24.1 Å².